The minimum Gasteiger partial charge on any atom is -0.346 e. The molecular weight excluding hydrogens is 309 g/mol. The van der Waals surface area contributed by atoms with Gasteiger partial charge in [0.15, 0.2) is 0 Å². The van der Waals surface area contributed by atoms with E-state index in [1.807, 2.05) is 6.92 Å². The Morgan fingerprint density at radius 2 is 1.88 bits per heavy atom. The van der Waals surface area contributed by atoms with Crippen molar-refractivity contribution in [3.05, 3.63) is 35.1 Å². The van der Waals surface area contributed by atoms with E-state index in [0.29, 0.717) is 43.7 Å². The summed E-state index contributed by atoms with van der Waals surface area (Å²) in [6.45, 7) is 7.75. The molecule has 0 bridgehead atoms. The molecule has 0 saturated carbocycles. The van der Waals surface area contributed by atoms with E-state index in [4.69, 9.17) is 0 Å². The molecule has 5 nitrogen and oxygen atoms in total. The van der Waals surface area contributed by atoms with E-state index < -0.39 is 0 Å². The molecule has 0 radical (unpaired) electrons. The summed E-state index contributed by atoms with van der Waals surface area (Å²) in [7, 11) is 1.81. The topological polar surface area (TPSA) is 43.9 Å². The summed E-state index contributed by atoms with van der Waals surface area (Å²) in [5.74, 6) is -0.334. The molecule has 6 heteroatoms. The van der Waals surface area contributed by atoms with Crippen molar-refractivity contribution in [1.29, 1.82) is 0 Å². The Kier molecular flexibility index (Phi) is 6.31. The van der Waals surface area contributed by atoms with E-state index in [2.05, 4.69) is 4.90 Å². The normalized spacial score (nSPS) is 15.4. The summed E-state index contributed by atoms with van der Waals surface area (Å²) >= 11 is 0. The zero-order valence-electron chi connectivity index (χ0n) is 14.7. The van der Waals surface area contributed by atoms with Crippen LogP contribution in [0.5, 0.6) is 0 Å². The summed E-state index contributed by atoms with van der Waals surface area (Å²) in [5.41, 5.74) is 0.935. The zero-order chi connectivity index (χ0) is 17.7. The third-order valence-electron chi connectivity index (χ3n) is 4.62. The Bertz CT molecular complexity index is 598. The van der Waals surface area contributed by atoms with Crippen LogP contribution >= 0.6 is 0 Å². The predicted octanol–water partition coefficient (Wildman–Crippen LogP) is 1.76. The Morgan fingerprint density at radius 1 is 1.21 bits per heavy atom. The number of carbonyl (C=O) groups is 2. The smallest absolute Gasteiger partial charge is 0.254 e. The summed E-state index contributed by atoms with van der Waals surface area (Å²) in [4.78, 5) is 29.9. The zero-order valence-corrected chi connectivity index (χ0v) is 14.7. The van der Waals surface area contributed by atoms with Gasteiger partial charge >= 0.3 is 0 Å². The van der Waals surface area contributed by atoms with Crippen molar-refractivity contribution < 1.29 is 14.0 Å². The third-order valence-corrected chi connectivity index (χ3v) is 4.62. The molecule has 1 fully saturated rings. The fourth-order valence-electron chi connectivity index (χ4n) is 2.70. The molecule has 1 aliphatic heterocycles. The van der Waals surface area contributed by atoms with Gasteiger partial charge in [-0.1, -0.05) is 6.07 Å². The van der Waals surface area contributed by atoms with Crippen LogP contribution in [0.15, 0.2) is 18.2 Å². The first kappa shape index (κ1) is 18.4. The first-order valence-electron chi connectivity index (χ1n) is 8.44. The van der Waals surface area contributed by atoms with Crippen molar-refractivity contribution >= 4 is 11.8 Å². The van der Waals surface area contributed by atoms with Crippen LogP contribution in [-0.4, -0.2) is 72.8 Å². The average Bonchev–Trinajstić information content (AvgIpc) is 2.61. The van der Waals surface area contributed by atoms with E-state index in [9.17, 15) is 14.0 Å². The van der Waals surface area contributed by atoms with Crippen molar-refractivity contribution in [3.63, 3.8) is 0 Å². The first-order chi connectivity index (χ1) is 11.4. The number of benzene rings is 1. The highest BCUT2D eigenvalue weighted by atomic mass is 19.1. The van der Waals surface area contributed by atoms with Crippen LogP contribution in [0.4, 0.5) is 4.39 Å². The van der Waals surface area contributed by atoms with Crippen LogP contribution in [0.25, 0.3) is 0 Å². The molecule has 24 heavy (non-hydrogen) atoms. The van der Waals surface area contributed by atoms with Gasteiger partial charge in [0.1, 0.15) is 5.82 Å². The number of halogens is 1. The number of piperazine rings is 1. The molecule has 1 aliphatic rings. The Balaban J connectivity index is 1.82. The first-order valence-corrected chi connectivity index (χ1v) is 8.44. The van der Waals surface area contributed by atoms with Crippen LogP contribution in [0.2, 0.25) is 0 Å². The molecule has 132 valence electrons. The van der Waals surface area contributed by atoms with Gasteiger partial charge in [-0.05, 0) is 31.5 Å². The van der Waals surface area contributed by atoms with E-state index in [-0.39, 0.29) is 17.6 Å². The predicted molar refractivity (Wildman–Crippen MR) is 91.4 cm³/mol. The largest absolute Gasteiger partial charge is 0.346 e. The standard InChI is InChI=1S/C18H26FN3O2/c1-4-20(3)17(23)7-8-21-9-11-22(12-10-21)18(24)15-6-5-14(2)16(19)13-15/h5-6,13H,4,7-12H2,1-3H3. The number of amides is 2. The minimum atomic E-state index is -0.349. The fraction of sp³-hybridized carbons (Fsp3) is 0.556. The monoisotopic (exact) mass is 335 g/mol. The van der Waals surface area contributed by atoms with Crippen molar-refractivity contribution in [2.75, 3.05) is 46.3 Å². The fourth-order valence-corrected chi connectivity index (χ4v) is 2.70. The van der Waals surface area contributed by atoms with Crippen LogP contribution in [0.3, 0.4) is 0 Å². The molecule has 0 aliphatic carbocycles. The van der Waals surface area contributed by atoms with Crippen LogP contribution < -0.4 is 0 Å². The quantitative estimate of drug-likeness (QED) is 0.824. The Labute approximate surface area is 143 Å². The van der Waals surface area contributed by atoms with Crippen molar-refractivity contribution in [2.45, 2.75) is 20.3 Å². The highest BCUT2D eigenvalue weighted by Gasteiger charge is 2.23. The molecule has 1 aromatic carbocycles. The van der Waals surface area contributed by atoms with Gasteiger partial charge in [0.05, 0.1) is 0 Å². The number of nitrogens with zero attached hydrogens (tertiary/aromatic N) is 3. The van der Waals surface area contributed by atoms with Crippen molar-refractivity contribution in [2.24, 2.45) is 0 Å². The second-order valence-corrected chi connectivity index (χ2v) is 6.26. The van der Waals surface area contributed by atoms with Crippen LogP contribution in [0.1, 0.15) is 29.3 Å². The second kappa shape index (κ2) is 8.24. The van der Waals surface area contributed by atoms with Gasteiger partial charge in [0.25, 0.3) is 5.91 Å². The van der Waals surface area contributed by atoms with Gasteiger partial charge in [0, 0.05) is 58.3 Å². The van der Waals surface area contributed by atoms with Crippen LogP contribution in [-0.2, 0) is 4.79 Å². The molecule has 1 heterocycles. The number of hydrogen-bond donors (Lipinski definition) is 0. The Hall–Kier alpha value is -1.95. The third kappa shape index (κ3) is 4.54. The van der Waals surface area contributed by atoms with Crippen molar-refractivity contribution in [3.8, 4) is 0 Å². The molecular formula is C18H26FN3O2. The van der Waals surface area contributed by atoms with Gasteiger partial charge in [-0.2, -0.15) is 0 Å². The van der Waals surface area contributed by atoms with E-state index in [1.54, 1.807) is 35.9 Å². The Morgan fingerprint density at radius 3 is 2.46 bits per heavy atom. The van der Waals surface area contributed by atoms with Gasteiger partial charge in [-0.15, -0.1) is 0 Å². The molecule has 0 N–H and O–H groups in total. The second-order valence-electron chi connectivity index (χ2n) is 6.26. The number of aryl methyl sites for hydroxylation is 1. The number of hydrogen-bond acceptors (Lipinski definition) is 3. The van der Waals surface area contributed by atoms with Gasteiger partial charge in [0.2, 0.25) is 5.91 Å². The lowest BCUT2D eigenvalue weighted by molar-refractivity contribution is -0.130. The molecule has 0 unspecified atom stereocenters. The highest BCUT2D eigenvalue weighted by molar-refractivity contribution is 5.94. The maximum Gasteiger partial charge on any atom is 0.254 e. The van der Waals surface area contributed by atoms with Crippen molar-refractivity contribution in [1.82, 2.24) is 14.7 Å². The summed E-state index contributed by atoms with van der Waals surface area (Å²) in [6, 6.07) is 4.62. The molecule has 2 rings (SSSR count). The maximum absolute atomic E-state index is 13.6. The molecule has 2 amide bonds. The number of carbonyl (C=O) groups excluding carboxylic acids is 2. The van der Waals surface area contributed by atoms with Gasteiger partial charge in [-0.3, -0.25) is 14.5 Å². The molecule has 0 atom stereocenters. The minimum absolute atomic E-state index is 0.129. The lowest BCUT2D eigenvalue weighted by atomic mass is 10.1. The van der Waals surface area contributed by atoms with Gasteiger partial charge in [-0.25, -0.2) is 4.39 Å². The molecule has 0 aromatic heterocycles. The molecule has 0 spiro atoms. The van der Waals surface area contributed by atoms with E-state index in [1.165, 1.54) is 6.07 Å². The summed E-state index contributed by atoms with van der Waals surface area (Å²) in [5, 5.41) is 0. The lowest BCUT2D eigenvalue weighted by Crippen LogP contribution is -2.49. The average molecular weight is 335 g/mol. The summed E-state index contributed by atoms with van der Waals surface area (Å²) < 4.78 is 13.6. The van der Waals surface area contributed by atoms with Crippen LogP contribution in [0, 0.1) is 12.7 Å². The maximum atomic E-state index is 13.6. The SMILES string of the molecule is CCN(C)C(=O)CCN1CCN(C(=O)c2ccc(C)c(F)c2)CC1. The van der Waals surface area contributed by atoms with E-state index >= 15 is 0 Å². The highest BCUT2D eigenvalue weighted by Crippen LogP contribution is 2.13. The molecule has 1 aromatic rings. The van der Waals surface area contributed by atoms with E-state index in [0.717, 1.165) is 13.1 Å². The molecule has 1 saturated heterocycles. The number of rotatable bonds is 5. The lowest BCUT2D eigenvalue weighted by Gasteiger charge is -2.34. The summed E-state index contributed by atoms with van der Waals surface area (Å²) in [6.07, 6.45) is 0.501. The van der Waals surface area contributed by atoms with Gasteiger partial charge < -0.3 is 9.80 Å².